The van der Waals surface area contributed by atoms with Gasteiger partial charge in [-0.1, -0.05) is 40.2 Å². The lowest BCUT2D eigenvalue weighted by Gasteiger charge is -2.32. The smallest absolute Gasteiger partial charge is 0.438 e. The van der Waals surface area contributed by atoms with E-state index < -0.39 is 30.0 Å². The van der Waals surface area contributed by atoms with Gasteiger partial charge in [-0.15, -0.1) is 0 Å². The minimum Gasteiger partial charge on any atom is -0.507 e. The first kappa shape index (κ1) is 19.4. The predicted octanol–water partition coefficient (Wildman–Crippen LogP) is 3.96. The van der Waals surface area contributed by atoms with Gasteiger partial charge < -0.3 is 10.2 Å². The molecule has 0 radical (unpaired) electrons. The fraction of sp³-hybridized carbons (Fsp3) is 0.222. The quantitative estimate of drug-likeness (QED) is 0.738. The van der Waals surface area contributed by atoms with Crippen LogP contribution >= 0.6 is 15.9 Å². The number of phenolic OH excluding ortho intramolecular Hbond substituents is 1. The molecule has 0 unspecified atom stereocenters. The average molecular weight is 443 g/mol. The van der Waals surface area contributed by atoms with Crippen LogP contribution in [0.25, 0.3) is 0 Å². The highest BCUT2D eigenvalue weighted by Crippen LogP contribution is 2.42. The Balaban J connectivity index is 2.11. The van der Waals surface area contributed by atoms with Crippen LogP contribution in [0.1, 0.15) is 27.9 Å². The van der Waals surface area contributed by atoms with E-state index >= 15 is 0 Å². The molecule has 142 valence electrons. The number of para-hydroxylation sites is 1. The molecule has 0 saturated heterocycles. The fourth-order valence-electron chi connectivity index (χ4n) is 2.75. The van der Waals surface area contributed by atoms with Crippen LogP contribution in [0.15, 0.2) is 52.0 Å². The minimum atomic E-state index is -5.15. The first-order valence-electron chi connectivity index (χ1n) is 7.80. The van der Waals surface area contributed by atoms with E-state index in [1.807, 2.05) is 0 Å². The third-order valence-corrected chi connectivity index (χ3v) is 4.75. The molecule has 5 nitrogen and oxygen atoms in total. The highest BCUT2D eigenvalue weighted by molar-refractivity contribution is 9.10. The summed E-state index contributed by atoms with van der Waals surface area (Å²) in [5.41, 5.74) is -3.35. The Kier molecular flexibility index (Phi) is 4.77. The van der Waals surface area contributed by atoms with Crippen LogP contribution in [-0.4, -0.2) is 38.7 Å². The summed E-state index contributed by atoms with van der Waals surface area (Å²) in [5.74, 6) is -1.71. The van der Waals surface area contributed by atoms with Crippen molar-refractivity contribution in [2.75, 3.05) is 0 Å². The van der Waals surface area contributed by atoms with Crippen LogP contribution < -0.4 is 0 Å². The monoisotopic (exact) mass is 442 g/mol. The maximum absolute atomic E-state index is 13.6. The first-order valence-corrected chi connectivity index (χ1v) is 8.59. The van der Waals surface area contributed by atoms with Gasteiger partial charge in [-0.05, 0) is 36.2 Å². The molecule has 0 fully saturated rings. The molecular weight excluding hydrogens is 429 g/mol. The Morgan fingerprint density at radius 1 is 1.26 bits per heavy atom. The standard InChI is InChI=1S/C18H14BrF3N2O3/c1-10-4-2-7-13(15(10)25)16(26)24-17(27,18(20,21)22)9-14(23-24)11-5-3-6-12(19)8-11/h2-8,25,27H,9H2,1H3/t17-/m0/s1. The number of aromatic hydroxyl groups is 1. The van der Waals surface area contributed by atoms with E-state index in [1.165, 1.54) is 37.3 Å². The second-order valence-electron chi connectivity index (χ2n) is 6.14. The van der Waals surface area contributed by atoms with Gasteiger partial charge in [0.15, 0.2) is 0 Å². The summed E-state index contributed by atoms with van der Waals surface area (Å²) < 4.78 is 41.5. The number of amides is 1. The number of phenols is 1. The van der Waals surface area contributed by atoms with Crippen LogP contribution in [0, 0.1) is 6.92 Å². The summed E-state index contributed by atoms with van der Waals surface area (Å²) in [6, 6.07) is 10.4. The molecule has 9 heteroatoms. The Hall–Kier alpha value is -2.39. The lowest BCUT2D eigenvalue weighted by atomic mass is 10.0. The highest BCUT2D eigenvalue weighted by atomic mass is 79.9. The van der Waals surface area contributed by atoms with Crippen molar-refractivity contribution in [1.82, 2.24) is 5.01 Å². The van der Waals surface area contributed by atoms with Gasteiger partial charge in [-0.2, -0.15) is 23.3 Å². The number of hydrogen-bond donors (Lipinski definition) is 2. The number of hydrogen-bond acceptors (Lipinski definition) is 4. The third kappa shape index (κ3) is 3.32. The number of nitrogens with zero attached hydrogens (tertiary/aromatic N) is 2. The molecule has 2 aromatic rings. The average Bonchev–Trinajstić information content (AvgIpc) is 2.96. The minimum absolute atomic E-state index is 0.00225. The summed E-state index contributed by atoms with van der Waals surface area (Å²) in [7, 11) is 0. The number of alkyl halides is 3. The summed E-state index contributed by atoms with van der Waals surface area (Å²) in [6.45, 7) is 1.50. The van der Waals surface area contributed by atoms with Gasteiger partial charge in [-0.25, -0.2) is 0 Å². The number of aryl methyl sites for hydroxylation is 1. The molecular formula is C18H14BrF3N2O3. The van der Waals surface area contributed by atoms with Crippen molar-refractivity contribution in [3.8, 4) is 5.75 Å². The predicted molar refractivity (Wildman–Crippen MR) is 95.3 cm³/mol. The second kappa shape index (κ2) is 6.65. The first-order chi connectivity index (χ1) is 12.5. The zero-order valence-electron chi connectivity index (χ0n) is 14.0. The second-order valence-corrected chi connectivity index (χ2v) is 7.05. The third-order valence-electron chi connectivity index (χ3n) is 4.26. The van der Waals surface area contributed by atoms with Crippen molar-refractivity contribution in [2.45, 2.75) is 25.2 Å². The van der Waals surface area contributed by atoms with Crippen molar-refractivity contribution in [3.63, 3.8) is 0 Å². The largest absolute Gasteiger partial charge is 0.507 e. The van der Waals surface area contributed by atoms with E-state index in [-0.39, 0.29) is 16.3 Å². The van der Waals surface area contributed by atoms with Gasteiger partial charge in [0.05, 0.1) is 17.7 Å². The van der Waals surface area contributed by atoms with Crippen molar-refractivity contribution in [2.24, 2.45) is 5.10 Å². The van der Waals surface area contributed by atoms with E-state index in [4.69, 9.17) is 0 Å². The Morgan fingerprint density at radius 3 is 2.56 bits per heavy atom. The summed E-state index contributed by atoms with van der Waals surface area (Å²) in [4.78, 5) is 12.7. The van der Waals surface area contributed by atoms with E-state index in [1.54, 1.807) is 12.1 Å². The van der Waals surface area contributed by atoms with Gasteiger partial charge in [-0.3, -0.25) is 4.79 Å². The molecule has 1 aliphatic heterocycles. The zero-order chi connectivity index (χ0) is 20.0. The van der Waals surface area contributed by atoms with Crippen molar-refractivity contribution in [1.29, 1.82) is 0 Å². The summed E-state index contributed by atoms with van der Waals surface area (Å²) >= 11 is 3.22. The zero-order valence-corrected chi connectivity index (χ0v) is 15.5. The molecule has 27 heavy (non-hydrogen) atoms. The van der Waals surface area contributed by atoms with Gasteiger partial charge >= 0.3 is 6.18 Å². The molecule has 1 aliphatic rings. The van der Waals surface area contributed by atoms with E-state index in [2.05, 4.69) is 21.0 Å². The molecule has 3 rings (SSSR count). The number of hydrazone groups is 1. The lowest BCUT2D eigenvalue weighted by molar-refractivity contribution is -0.297. The number of carbonyl (C=O) groups excluding carboxylic acids is 1. The normalized spacial score (nSPS) is 19.9. The number of halogens is 4. The molecule has 0 aliphatic carbocycles. The number of aliphatic hydroxyl groups is 1. The topological polar surface area (TPSA) is 73.1 Å². The summed E-state index contributed by atoms with van der Waals surface area (Å²) in [5, 5.41) is 24.2. The molecule has 0 bridgehead atoms. The van der Waals surface area contributed by atoms with E-state index in [9.17, 15) is 28.2 Å². The van der Waals surface area contributed by atoms with Gasteiger partial charge in [0, 0.05) is 4.47 Å². The van der Waals surface area contributed by atoms with Crippen LogP contribution in [0.2, 0.25) is 0 Å². The van der Waals surface area contributed by atoms with E-state index in [0.29, 0.717) is 15.6 Å². The summed E-state index contributed by atoms with van der Waals surface area (Å²) in [6.07, 6.45) is -6.08. The van der Waals surface area contributed by atoms with Crippen molar-refractivity contribution < 1.29 is 28.2 Å². The van der Waals surface area contributed by atoms with Crippen LogP contribution in [-0.2, 0) is 0 Å². The Morgan fingerprint density at radius 2 is 1.93 bits per heavy atom. The van der Waals surface area contributed by atoms with Crippen LogP contribution in [0.4, 0.5) is 13.2 Å². The number of rotatable bonds is 2. The maximum Gasteiger partial charge on any atom is 0.438 e. The van der Waals surface area contributed by atoms with Gasteiger partial charge in [0.25, 0.3) is 11.6 Å². The van der Waals surface area contributed by atoms with Crippen molar-refractivity contribution in [3.05, 3.63) is 63.6 Å². The molecule has 0 spiro atoms. The van der Waals surface area contributed by atoms with Gasteiger partial charge in [0.1, 0.15) is 5.75 Å². The lowest BCUT2D eigenvalue weighted by Crippen LogP contribution is -2.56. The molecule has 1 atom stereocenters. The van der Waals surface area contributed by atoms with Crippen LogP contribution in [0.5, 0.6) is 5.75 Å². The number of carbonyl (C=O) groups is 1. The molecule has 0 saturated carbocycles. The maximum atomic E-state index is 13.6. The molecule has 2 N–H and O–H groups in total. The van der Waals surface area contributed by atoms with E-state index in [0.717, 1.165) is 0 Å². The Bertz CT molecular complexity index is 946. The van der Waals surface area contributed by atoms with Crippen LogP contribution in [0.3, 0.4) is 0 Å². The molecule has 2 aromatic carbocycles. The highest BCUT2D eigenvalue weighted by Gasteiger charge is 2.63. The molecule has 0 aromatic heterocycles. The van der Waals surface area contributed by atoms with Crippen molar-refractivity contribution >= 4 is 27.5 Å². The van der Waals surface area contributed by atoms with Gasteiger partial charge in [0.2, 0.25) is 0 Å². The Labute approximate surface area is 160 Å². The molecule has 1 heterocycles. The molecule has 1 amide bonds. The number of benzene rings is 2. The fourth-order valence-corrected chi connectivity index (χ4v) is 3.15. The SMILES string of the molecule is Cc1cccc(C(=O)N2N=C(c3cccc(Br)c3)C[C@]2(O)C(F)(F)F)c1O.